The monoisotopic (exact) mass is 247 g/mol. The molecule has 2 atom stereocenters. The number of carboxylic acids is 1. The summed E-state index contributed by atoms with van der Waals surface area (Å²) in [5, 5.41) is 9.00. The molecule has 3 heteroatoms. The second kappa shape index (κ2) is 5.53. The lowest BCUT2D eigenvalue weighted by Gasteiger charge is -2.23. The number of benzene rings is 1. The quantitative estimate of drug-likeness (QED) is 0.889. The van der Waals surface area contributed by atoms with E-state index >= 15 is 0 Å². The summed E-state index contributed by atoms with van der Waals surface area (Å²) in [6, 6.07) is 7.93. The maximum Gasteiger partial charge on any atom is 0.335 e. The first-order valence-electron chi connectivity index (χ1n) is 6.66. The van der Waals surface area contributed by atoms with Crippen LogP contribution < -0.4 is 0 Å². The first-order chi connectivity index (χ1) is 8.60. The number of likely N-dealkylation sites (tertiary alicyclic amines) is 1. The Morgan fingerprint density at radius 3 is 2.94 bits per heavy atom. The fourth-order valence-corrected chi connectivity index (χ4v) is 2.89. The Morgan fingerprint density at radius 1 is 1.50 bits per heavy atom. The third-order valence-corrected chi connectivity index (χ3v) is 3.77. The fraction of sp³-hybridized carbons (Fsp3) is 0.533. The van der Waals surface area contributed by atoms with Gasteiger partial charge in [0, 0.05) is 19.1 Å². The SMILES string of the molecule is CCC1CC(C)CN1Cc1cccc(C(=O)O)c1. The van der Waals surface area contributed by atoms with Gasteiger partial charge in [0.2, 0.25) is 0 Å². The largest absolute Gasteiger partial charge is 0.478 e. The Kier molecular flexibility index (Phi) is 4.02. The van der Waals surface area contributed by atoms with Crippen LogP contribution in [0.25, 0.3) is 0 Å². The zero-order chi connectivity index (χ0) is 13.1. The zero-order valence-corrected chi connectivity index (χ0v) is 11.1. The number of carboxylic acid groups (broad SMARTS) is 1. The van der Waals surface area contributed by atoms with E-state index in [1.807, 2.05) is 12.1 Å². The molecule has 1 aliphatic rings. The molecule has 0 saturated carbocycles. The third kappa shape index (κ3) is 2.91. The van der Waals surface area contributed by atoms with Crippen molar-refractivity contribution in [2.75, 3.05) is 6.54 Å². The van der Waals surface area contributed by atoms with E-state index in [0.717, 1.165) is 24.6 Å². The minimum Gasteiger partial charge on any atom is -0.478 e. The van der Waals surface area contributed by atoms with Gasteiger partial charge in [-0.15, -0.1) is 0 Å². The average Bonchev–Trinajstić information content (AvgIpc) is 2.69. The van der Waals surface area contributed by atoms with Crippen molar-refractivity contribution in [1.29, 1.82) is 0 Å². The van der Waals surface area contributed by atoms with Crippen LogP contribution in [0, 0.1) is 5.92 Å². The van der Waals surface area contributed by atoms with Crippen molar-refractivity contribution in [3.63, 3.8) is 0 Å². The van der Waals surface area contributed by atoms with E-state index in [0.29, 0.717) is 11.6 Å². The first-order valence-corrected chi connectivity index (χ1v) is 6.66. The number of carbonyl (C=O) groups is 1. The summed E-state index contributed by atoms with van der Waals surface area (Å²) in [5.41, 5.74) is 1.48. The lowest BCUT2D eigenvalue weighted by atomic mass is 10.1. The first kappa shape index (κ1) is 13.1. The molecule has 1 N–H and O–H groups in total. The molecule has 0 radical (unpaired) electrons. The molecule has 2 rings (SSSR count). The molecule has 0 aliphatic carbocycles. The van der Waals surface area contributed by atoms with Crippen LogP contribution in [0.5, 0.6) is 0 Å². The average molecular weight is 247 g/mol. The van der Waals surface area contributed by atoms with E-state index in [1.165, 1.54) is 12.8 Å². The van der Waals surface area contributed by atoms with E-state index in [1.54, 1.807) is 12.1 Å². The van der Waals surface area contributed by atoms with E-state index < -0.39 is 5.97 Å². The molecule has 0 amide bonds. The second-order valence-electron chi connectivity index (χ2n) is 5.34. The van der Waals surface area contributed by atoms with Crippen LogP contribution in [-0.4, -0.2) is 28.6 Å². The summed E-state index contributed by atoms with van der Waals surface area (Å²) in [6.45, 7) is 6.50. The molecule has 1 aliphatic heterocycles. The van der Waals surface area contributed by atoms with Gasteiger partial charge >= 0.3 is 5.97 Å². The van der Waals surface area contributed by atoms with E-state index in [2.05, 4.69) is 18.7 Å². The molecule has 3 nitrogen and oxygen atoms in total. The molecular weight excluding hydrogens is 226 g/mol. The Bertz CT molecular complexity index is 430. The highest BCUT2D eigenvalue weighted by Gasteiger charge is 2.27. The predicted molar refractivity (Wildman–Crippen MR) is 71.7 cm³/mol. The van der Waals surface area contributed by atoms with Gasteiger partial charge < -0.3 is 5.11 Å². The van der Waals surface area contributed by atoms with Crippen molar-refractivity contribution >= 4 is 5.97 Å². The lowest BCUT2D eigenvalue weighted by Crippen LogP contribution is -2.28. The molecule has 0 aromatic heterocycles. The predicted octanol–water partition coefficient (Wildman–Crippen LogP) is 3.01. The van der Waals surface area contributed by atoms with Crippen molar-refractivity contribution in [3.8, 4) is 0 Å². The summed E-state index contributed by atoms with van der Waals surface area (Å²) in [7, 11) is 0. The molecule has 0 bridgehead atoms. The van der Waals surface area contributed by atoms with Crippen molar-refractivity contribution < 1.29 is 9.90 Å². The second-order valence-corrected chi connectivity index (χ2v) is 5.34. The zero-order valence-electron chi connectivity index (χ0n) is 11.1. The molecule has 1 saturated heterocycles. The molecule has 1 aromatic carbocycles. The van der Waals surface area contributed by atoms with E-state index in [9.17, 15) is 4.79 Å². The van der Waals surface area contributed by atoms with Crippen molar-refractivity contribution in [1.82, 2.24) is 4.90 Å². The smallest absolute Gasteiger partial charge is 0.335 e. The maximum absolute atomic E-state index is 10.9. The van der Waals surface area contributed by atoms with Gasteiger partial charge in [0.1, 0.15) is 0 Å². The van der Waals surface area contributed by atoms with Gasteiger partial charge in [0.15, 0.2) is 0 Å². The molecule has 2 unspecified atom stereocenters. The molecular formula is C15H21NO2. The molecule has 1 fully saturated rings. The number of rotatable bonds is 4. The van der Waals surface area contributed by atoms with Crippen LogP contribution in [0.2, 0.25) is 0 Å². The minimum absolute atomic E-state index is 0.382. The third-order valence-electron chi connectivity index (χ3n) is 3.77. The fourth-order valence-electron chi connectivity index (χ4n) is 2.89. The van der Waals surface area contributed by atoms with Gasteiger partial charge in [-0.1, -0.05) is 26.0 Å². The van der Waals surface area contributed by atoms with Gasteiger partial charge in [-0.3, -0.25) is 4.90 Å². The highest BCUT2D eigenvalue weighted by atomic mass is 16.4. The Balaban J connectivity index is 2.09. The Morgan fingerprint density at radius 2 is 2.28 bits per heavy atom. The normalized spacial score (nSPS) is 24.3. The molecule has 98 valence electrons. The Labute approximate surface area is 108 Å². The van der Waals surface area contributed by atoms with Gasteiger partial charge in [0.25, 0.3) is 0 Å². The number of hydrogen-bond donors (Lipinski definition) is 1. The van der Waals surface area contributed by atoms with Gasteiger partial charge in [0.05, 0.1) is 5.56 Å². The van der Waals surface area contributed by atoms with Crippen LogP contribution in [-0.2, 0) is 6.54 Å². The van der Waals surface area contributed by atoms with Crippen molar-refractivity contribution in [2.24, 2.45) is 5.92 Å². The summed E-state index contributed by atoms with van der Waals surface area (Å²) in [4.78, 5) is 13.4. The summed E-state index contributed by atoms with van der Waals surface area (Å²) in [6.07, 6.45) is 2.43. The lowest BCUT2D eigenvalue weighted by molar-refractivity contribution is 0.0696. The number of hydrogen-bond acceptors (Lipinski definition) is 2. The summed E-state index contributed by atoms with van der Waals surface area (Å²) < 4.78 is 0. The van der Waals surface area contributed by atoms with Crippen LogP contribution in [0.4, 0.5) is 0 Å². The summed E-state index contributed by atoms with van der Waals surface area (Å²) in [5.74, 6) is -0.101. The molecule has 18 heavy (non-hydrogen) atoms. The molecule has 0 spiro atoms. The van der Waals surface area contributed by atoms with Gasteiger partial charge in [-0.25, -0.2) is 4.79 Å². The highest BCUT2D eigenvalue weighted by Crippen LogP contribution is 2.26. The minimum atomic E-state index is -0.848. The maximum atomic E-state index is 10.9. The summed E-state index contributed by atoms with van der Waals surface area (Å²) >= 11 is 0. The van der Waals surface area contributed by atoms with Crippen LogP contribution >= 0.6 is 0 Å². The van der Waals surface area contributed by atoms with Crippen LogP contribution in [0.15, 0.2) is 24.3 Å². The molecule has 1 heterocycles. The van der Waals surface area contributed by atoms with Crippen molar-refractivity contribution in [2.45, 2.75) is 39.3 Å². The van der Waals surface area contributed by atoms with E-state index in [4.69, 9.17) is 5.11 Å². The van der Waals surface area contributed by atoms with Crippen LogP contribution in [0.1, 0.15) is 42.6 Å². The van der Waals surface area contributed by atoms with Crippen LogP contribution in [0.3, 0.4) is 0 Å². The number of nitrogens with zero attached hydrogens (tertiary/aromatic N) is 1. The standard InChI is InChI=1S/C15H21NO2/c1-3-14-7-11(2)9-16(14)10-12-5-4-6-13(8-12)15(17)18/h4-6,8,11,14H,3,7,9-10H2,1-2H3,(H,17,18). The highest BCUT2D eigenvalue weighted by molar-refractivity contribution is 5.87. The van der Waals surface area contributed by atoms with Gasteiger partial charge in [-0.05, 0) is 36.5 Å². The number of aromatic carboxylic acids is 1. The van der Waals surface area contributed by atoms with E-state index in [-0.39, 0.29) is 0 Å². The Hall–Kier alpha value is -1.35. The topological polar surface area (TPSA) is 40.5 Å². The van der Waals surface area contributed by atoms with Gasteiger partial charge in [-0.2, -0.15) is 0 Å². The molecule has 1 aromatic rings. The van der Waals surface area contributed by atoms with Crippen molar-refractivity contribution in [3.05, 3.63) is 35.4 Å².